The van der Waals surface area contributed by atoms with Crippen LogP contribution in [0.5, 0.6) is 5.75 Å². The number of ether oxygens (including phenoxy) is 1. The van der Waals surface area contributed by atoms with Crippen molar-refractivity contribution < 1.29 is 14.6 Å². The Morgan fingerprint density at radius 2 is 2.24 bits per heavy atom. The second-order valence-corrected chi connectivity index (χ2v) is 3.87. The number of aryl methyl sites for hydroxylation is 1. The van der Waals surface area contributed by atoms with Crippen LogP contribution < -0.4 is 0 Å². The molecule has 1 aromatic heterocycles. The number of aromatic hydroxyl groups is 1. The van der Waals surface area contributed by atoms with Crippen LogP contribution in [0, 0.1) is 0 Å². The Labute approximate surface area is 99.2 Å². The van der Waals surface area contributed by atoms with Crippen LogP contribution in [0.2, 0.25) is 0 Å². The van der Waals surface area contributed by atoms with Crippen LogP contribution in [0.4, 0.5) is 0 Å². The van der Waals surface area contributed by atoms with Gasteiger partial charge in [0.15, 0.2) is 0 Å². The molecule has 0 spiro atoms. The van der Waals surface area contributed by atoms with Gasteiger partial charge in [0.25, 0.3) is 0 Å². The first-order valence-corrected chi connectivity index (χ1v) is 5.65. The van der Waals surface area contributed by atoms with Gasteiger partial charge in [-0.25, -0.2) is 0 Å². The monoisotopic (exact) mass is 233 g/mol. The summed E-state index contributed by atoms with van der Waals surface area (Å²) < 4.78 is 4.86. The Kier molecular flexibility index (Phi) is 3.32. The predicted molar refractivity (Wildman–Crippen MR) is 64.9 cm³/mol. The molecule has 1 heterocycles. The normalized spacial score (nSPS) is 10.6. The molecule has 2 aromatic rings. The number of aromatic amines is 1. The number of esters is 1. The molecule has 90 valence electrons. The van der Waals surface area contributed by atoms with E-state index >= 15 is 0 Å². The van der Waals surface area contributed by atoms with Gasteiger partial charge in [-0.05, 0) is 37.6 Å². The van der Waals surface area contributed by atoms with E-state index in [1.165, 1.54) is 0 Å². The largest absolute Gasteiger partial charge is 0.508 e. The Morgan fingerprint density at radius 3 is 3.00 bits per heavy atom. The van der Waals surface area contributed by atoms with Crippen molar-refractivity contribution in [1.82, 2.24) is 4.98 Å². The van der Waals surface area contributed by atoms with Crippen molar-refractivity contribution in [3.8, 4) is 5.75 Å². The van der Waals surface area contributed by atoms with E-state index < -0.39 is 0 Å². The molecule has 0 saturated carbocycles. The van der Waals surface area contributed by atoms with Gasteiger partial charge in [0, 0.05) is 16.6 Å². The lowest BCUT2D eigenvalue weighted by Crippen LogP contribution is -2.05. The second kappa shape index (κ2) is 4.91. The highest BCUT2D eigenvalue weighted by Crippen LogP contribution is 2.21. The molecule has 0 unspecified atom stereocenters. The van der Waals surface area contributed by atoms with Gasteiger partial charge in [-0.2, -0.15) is 0 Å². The molecule has 4 heteroatoms. The maximum Gasteiger partial charge on any atom is 0.306 e. The Morgan fingerprint density at radius 1 is 1.41 bits per heavy atom. The SMILES string of the molecule is CCOC(=O)CCc1cc2cc(O)ccc2[nH]1. The summed E-state index contributed by atoms with van der Waals surface area (Å²) in [4.78, 5) is 14.4. The van der Waals surface area contributed by atoms with E-state index in [0.717, 1.165) is 16.6 Å². The molecule has 0 bridgehead atoms. The molecule has 0 amide bonds. The topological polar surface area (TPSA) is 62.3 Å². The lowest BCUT2D eigenvalue weighted by atomic mass is 10.2. The van der Waals surface area contributed by atoms with E-state index in [0.29, 0.717) is 19.4 Å². The number of phenols is 1. The van der Waals surface area contributed by atoms with Gasteiger partial charge in [-0.3, -0.25) is 4.79 Å². The van der Waals surface area contributed by atoms with E-state index in [9.17, 15) is 9.90 Å². The number of benzene rings is 1. The first-order valence-electron chi connectivity index (χ1n) is 5.65. The molecule has 2 N–H and O–H groups in total. The van der Waals surface area contributed by atoms with E-state index in [1.807, 2.05) is 12.1 Å². The van der Waals surface area contributed by atoms with Crippen molar-refractivity contribution in [2.75, 3.05) is 6.61 Å². The number of phenolic OH excluding ortho intramolecular Hbond substituents is 1. The Balaban J connectivity index is 2.07. The van der Waals surface area contributed by atoms with Gasteiger partial charge in [0.2, 0.25) is 0 Å². The fourth-order valence-corrected chi connectivity index (χ4v) is 1.78. The molecule has 0 radical (unpaired) electrons. The molecule has 1 aromatic carbocycles. The Bertz CT molecular complexity index is 530. The van der Waals surface area contributed by atoms with Gasteiger partial charge in [-0.15, -0.1) is 0 Å². The van der Waals surface area contributed by atoms with Gasteiger partial charge in [-0.1, -0.05) is 0 Å². The van der Waals surface area contributed by atoms with Crippen LogP contribution in [-0.4, -0.2) is 22.7 Å². The number of hydrogen-bond donors (Lipinski definition) is 2. The molecule has 0 saturated heterocycles. The molecule has 0 aliphatic carbocycles. The summed E-state index contributed by atoms with van der Waals surface area (Å²) in [6, 6.07) is 7.08. The number of hydrogen-bond acceptors (Lipinski definition) is 3. The number of carbonyl (C=O) groups excluding carboxylic acids is 1. The van der Waals surface area contributed by atoms with E-state index in [-0.39, 0.29) is 11.7 Å². The van der Waals surface area contributed by atoms with Crippen LogP contribution in [0.1, 0.15) is 19.0 Å². The van der Waals surface area contributed by atoms with Gasteiger partial charge >= 0.3 is 5.97 Å². The summed E-state index contributed by atoms with van der Waals surface area (Å²) in [5, 5.41) is 10.3. The minimum absolute atomic E-state index is 0.186. The van der Waals surface area contributed by atoms with Gasteiger partial charge < -0.3 is 14.8 Å². The van der Waals surface area contributed by atoms with Gasteiger partial charge in [0.05, 0.1) is 13.0 Å². The number of carbonyl (C=O) groups is 1. The maximum atomic E-state index is 11.2. The summed E-state index contributed by atoms with van der Waals surface area (Å²) in [6.45, 7) is 2.21. The zero-order valence-electron chi connectivity index (χ0n) is 9.69. The minimum atomic E-state index is -0.186. The quantitative estimate of drug-likeness (QED) is 0.797. The zero-order valence-corrected chi connectivity index (χ0v) is 9.69. The fraction of sp³-hybridized carbons (Fsp3) is 0.308. The number of fused-ring (bicyclic) bond motifs is 1. The van der Waals surface area contributed by atoms with Crippen LogP contribution in [0.25, 0.3) is 10.9 Å². The molecular formula is C13H15NO3. The molecular weight excluding hydrogens is 218 g/mol. The third-order valence-corrected chi connectivity index (χ3v) is 2.56. The highest BCUT2D eigenvalue weighted by molar-refractivity contribution is 5.82. The average molecular weight is 233 g/mol. The molecule has 17 heavy (non-hydrogen) atoms. The highest BCUT2D eigenvalue weighted by Gasteiger charge is 2.05. The van der Waals surface area contributed by atoms with Crippen molar-refractivity contribution in [2.45, 2.75) is 19.8 Å². The molecule has 0 aliphatic heterocycles. The third kappa shape index (κ3) is 2.78. The fourth-order valence-electron chi connectivity index (χ4n) is 1.78. The van der Waals surface area contributed by atoms with E-state index in [4.69, 9.17) is 4.74 Å². The molecule has 2 rings (SSSR count). The summed E-state index contributed by atoms with van der Waals surface area (Å²) in [5.41, 5.74) is 1.93. The summed E-state index contributed by atoms with van der Waals surface area (Å²) in [7, 11) is 0. The van der Waals surface area contributed by atoms with E-state index in [2.05, 4.69) is 4.98 Å². The van der Waals surface area contributed by atoms with Crippen molar-refractivity contribution in [3.63, 3.8) is 0 Å². The lowest BCUT2D eigenvalue weighted by Gasteiger charge is -1.99. The molecule has 0 aliphatic rings. The molecule has 0 atom stereocenters. The average Bonchev–Trinajstić information content (AvgIpc) is 2.68. The second-order valence-electron chi connectivity index (χ2n) is 3.87. The zero-order chi connectivity index (χ0) is 12.3. The standard InChI is InChI=1S/C13H15NO3/c1-2-17-13(16)6-3-10-7-9-8-11(15)4-5-12(9)14-10/h4-5,7-8,14-15H,2-3,6H2,1H3. The van der Waals surface area contributed by atoms with Crippen molar-refractivity contribution in [3.05, 3.63) is 30.0 Å². The lowest BCUT2D eigenvalue weighted by molar-refractivity contribution is -0.143. The number of rotatable bonds is 4. The minimum Gasteiger partial charge on any atom is -0.508 e. The van der Waals surface area contributed by atoms with Gasteiger partial charge in [0.1, 0.15) is 5.75 Å². The van der Waals surface area contributed by atoms with Crippen molar-refractivity contribution >= 4 is 16.9 Å². The summed E-state index contributed by atoms with van der Waals surface area (Å²) >= 11 is 0. The van der Waals surface area contributed by atoms with Crippen LogP contribution >= 0.6 is 0 Å². The van der Waals surface area contributed by atoms with Crippen LogP contribution in [0.15, 0.2) is 24.3 Å². The van der Waals surface area contributed by atoms with Crippen molar-refractivity contribution in [1.29, 1.82) is 0 Å². The highest BCUT2D eigenvalue weighted by atomic mass is 16.5. The number of nitrogens with one attached hydrogen (secondary N) is 1. The van der Waals surface area contributed by atoms with E-state index in [1.54, 1.807) is 19.1 Å². The number of H-pyrrole nitrogens is 1. The molecule has 0 fully saturated rings. The first-order chi connectivity index (χ1) is 8.19. The Hall–Kier alpha value is -1.97. The number of aromatic nitrogens is 1. The summed E-state index contributed by atoms with van der Waals surface area (Å²) in [6.07, 6.45) is 0.987. The smallest absolute Gasteiger partial charge is 0.306 e. The predicted octanol–water partition coefficient (Wildman–Crippen LogP) is 2.37. The summed E-state index contributed by atoms with van der Waals surface area (Å²) in [5.74, 6) is 0.0578. The molecule has 4 nitrogen and oxygen atoms in total. The first kappa shape index (κ1) is 11.5. The maximum absolute atomic E-state index is 11.2. The third-order valence-electron chi connectivity index (χ3n) is 2.56. The van der Waals surface area contributed by atoms with Crippen molar-refractivity contribution in [2.24, 2.45) is 0 Å². The van der Waals surface area contributed by atoms with Crippen LogP contribution in [-0.2, 0) is 16.0 Å². The van der Waals surface area contributed by atoms with Crippen LogP contribution in [0.3, 0.4) is 0 Å².